The van der Waals surface area contributed by atoms with Crippen LogP contribution in [0.1, 0.15) is 71.7 Å². The number of Topliss-reactive ketones (excluding diaryl/α,β-unsaturated/α-hetero) is 2. The lowest BCUT2D eigenvalue weighted by atomic mass is 10.1. The summed E-state index contributed by atoms with van der Waals surface area (Å²) < 4.78 is 159. The van der Waals surface area contributed by atoms with Gasteiger partial charge in [0.25, 0.3) is 0 Å². The monoisotopic (exact) mass is 1070 g/mol. The van der Waals surface area contributed by atoms with E-state index < -0.39 is 83.1 Å². The molecule has 0 bridgehead atoms. The second-order valence-corrected chi connectivity index (χ2v) is 14.7. The maximum atomic E-state index is 12.9. The van der Waals surface area contributed by atoms with Crippen LogP contribution in [0.4, 0.5) is 52.7 Å². The third kappa shape index (κ3) is 19.0. The molecular formula is C47H38F12N8O8. The van der Waals surface area contributed by atoms with E-state index in [9.17, 15) is 71.9 Å². The molecule has 0 spiro atoms. The Balaban J connectivity index is 0.000000209. The summed E-state index contributed by atoms with van der Waals surface area (Å²) in [6.45, 7) is 0.951. The number of aromatic nitrogens is 6. The Morgan fingerprint density at radius 1 is 0.587 bits per heavy atom. The van der Waals surface area contributed by atoms with Gasteiger partial charge in [-0.1, -0.05) is 91.0 Å². The number of carboxylic acids is 2. The molecule has 0 aliphatic rings. The van der Waals surface area contributed by atoms with Gasteiger partial charge in [0, 0.05) is 18.7 Å². The highest BCUT2D eigenvalue weighted by Gasteiger charge is 2.40. The predicted molar refractivity (Wildman–Crippen MR) is 237 cm³/mol. The molecule has 0 radical (unpaired) electrons. The number of aromatic amines is 1. The van der Waals surface area contributed by atoms with Crippen molar-refractivity contribution < 1.29 is 90.9 Å². The van der Waals surface area contributed by atoms with Crippen LogP contribution in [0.25, 0.3) is 11.5 Å². The first-order valence-corrected chi connectivity index (χ1v) is 20.8. The maximum Gasteiger partial charge on any atom is 0.450 e. The van der Waals surface area contributed by atoms with E-state index >= 15 is 0 Å². The number of hydrogen-bond acceptors (Lipinski definition) is 11. The first-order chi connectivity index (χ1) is 35.2. The third-order valence-electron chi connectivity index (χ3n) is 9.17. The van der Waals surface area contributed by atoms with Crippen molar-refractivity contribution in [1.82, 2.24) is 35.2 Å². The molecule has 0 fully saturated rings. The molecule has 398 valence electrons. The first kappa shape index (κ1) is 58.8. The van der Waals surface area contributed by atoms with E-state index in [0.717, 1.165) is 29.1 Å². The van der Waals surface area contributed by atoms with Crippen molar-refractivity contribution >= 4 is 23.5 Å². The number of aromatic carboxylic acids is 2. The molecule has 5 heterocycles. The van der Waals surface area contributed by atoms with Crippen molar-refractivity contribution in [3.63, 3.8) is 0 Å². The summed E-state index contributed by atoms with van der Waals surface area (Å²) in [6.07, 6.45) is -17.3. The Kier molecular flexibility index (Phi) is 20.6. The van der Waals surface area contributed by atoms with Crippen LogP contribution >= 0.6 is 0 Å². The summed E-state index contributed by atoms with van der Waals surface area (Å²) in [5, 5.41) is 28.6. The number of carbonyl (C=O) groups excluding carboxylic acids is 2. The Morgan fingerprint density at radius 2 is 1.08 bits per heavy atom. The van der Waals surface area contributed by atoms with E-state index in [1.165, 1.54) is 28.6 Å². The van der Waals surface area contributed by atoms with Crippen LogP contribution in [0.2, 0.25) is 0 Å². The Morgan fingerprint density at radius 3 is 1.49 bits per heavy atom. The van der Waals surface area contributed by atoms with Crippen LogP contribution in [0.3, 0.4) is 0 Å². The minimum absolute atomic E-state index is 0.0292. The number of nitrogens with one attached hydrogen (secondary N) is 2. The smallest absolute Gasteiger partial charge is 0.450 e. The molecule has 5 aromatic heterocycles. The molecule has 0 unspecified atom stereocenters. The molecule has 0 amide bonds. The number of carbonyl (C=O) groups is 4. The fraction of sp³-hybridized carbons (Fsp3) is 0.170. The van der Waals surface area contributed by atoms with Crippen LogP contribution < -0.4 is 11.3 Å². The molecule has 75 heavy (non-hydrogen) atoms. The third-order valence-corrected chi connectivity index (χ3v) is 9.17. The average molecular weight is 1070 g/mol. The number of furan rings is 2. The van der Waals surface area contributed by atoms with Crippen molar-refractivity contribution in [3.05, 3.63) is 197 Å². The standard InChI is InChI=1S/C15H11F3N2O.C12H9F3N2O2.C8H5F3O3.C7H10N2.C5H3F3N2O2/c16-15(17,18)14-9-12(13-7-4-8-21-13)20(19-14)10-11-5-2-1-3-6-11;13-12(14,15)10-6-9(11(18)19)17(16-10)7-8-4-2-1-3-5-8;9-8(10,11)7(13)4-5(12)6-2-1-3-14-6;8-9-6-7-4-2-1-3-5-7;6-5(7,8)3-1-2(4(11)12)9-10-3/h1-9H,10H2;1-6H,7H2,(H,18,19);1-3H,4H2;1-5,9H,6,8H2;1H,(H,9,10)(H,11,12). The highest BCUT2D eigenvalue weighted by atomic mass is 19.4. The zero-order valence-corrected chi connectivity index (χ0v) is 37.9. The fourth-order valence-electron chi connectivity index (χ4n) is 5.72. The van der Waals surface area contributed by atoms with Gasteiger partial charge in [-0.05, 0) is 47.0 Å². The highest BCUT2D eigenvalue weighted by molar-refractivity contribution is 6.08. The van der Waals surface area contributed by atoms with Gasteiger partial charge in [-0.3, -0.25) is 35.3 Å². The van der Waals surface area contributed by atoms with Crippen molar-refractivity contribution in [2.75, 3.05) is 0 Å². The molecule has 28 heteroatoms. The number of carboxylic acid groups (broad SMARTS) is 2. The lowest BCUT2D eigenvalue weighted by Gasteiger charge is -2.06. The summed E-state index contributed by atoms with van der Waals surface area (Å²) in [7, 11) is 0. The van der Waals surface area contributed by atoms with Crippen LogP contribution in [0, 0.1) is 0 Å². The van der Waals surface area contributed by atoms with Crippen molar-refractivity contribution in [1.29, 1.82) is 0 Å². The molecule has 6 N–H and O–H groups in total. The van der Waals surface area contributed by atoms with Gasteiger partial charge in [-0.2, -0.15) is 68.0 Å². The lowest BCUT2D eigenvalue weighted by molar-refractivity contribution is -0.170. The van der Waals surface area contributed by atoms with E-state index in [-0.39, 0.29) is 18.8 Å². The molecular weight excluding hydrogens is 1030 g/mol. The molecule has 0 aliphatic carbocycles. The molecule has 16 nitrogen and oxygen atoms in total. The molecule has 3 aromatic carbocycles. The van der Waals surface area contributed by atoms with Gasteiger partial charge in [0.1, 0.15) is 17.1 Å². The number of halogens is 12. The van der Waals surface area contributed by atoms with E-state index in [2.05, 4.69) is 25.1 Å². The minimum atomic E-state index is -4.97. The molecule has 0 saturated carbocycles. The maximum absolute atomic E-state index is 12.9. The van der Waals surface area contributed by atoms with Gasteiger partial charge in [0.15, 0.2) is 28.6 Å². The van der Waals surface area contributed by atoms with E-state index in [1.54, 1.807) is 47.6 Å². The quantitative estimate of drug-likeness (QED) is 0.0252. The summed E-state index contributed by atoms with van der Waals surface area (Å²) in [5.74, 6) is -0.771. The van der Waals surface area contributed by atoms with Crippen molar-refractivity contribution in [3.8, 4) is 11.5 Å². The van der Waals surface area contributed by atoms with Crippen molar-refractivity contribution in [2.45, 2.75) is 50.8 Å². The summed E-state index contributed by atoms with van der Waals surface area (Å²) in [6, 6.07) is 35.5. The number of nitrogens with two attached hydrogens (primary N) is 1. The van der Waals surface area contributed by atoms with E-state index in [1.807, 2.05) is 60.7 Å². The molecule has 0 atom stereocenters. The number of ketones is 2. The van der Waals surface area contributed by atoms with Crippen LogP contribution in [0.5, 0.6) is 0 Å². The highest BCUT2D eigenvalue weighted by Crippen LogP contribution is 2.33. The predicted octanol–water partition coefficient (Wildman–Crippen LogP) is 10.6. The van der Waals surface area contributed by atoms with Crippen LogP contribution in [-0.2, 0) is 43.0 Å². The minimum Gasteiger partial charge on any atom is -0.477 e. The average Bonchev–Trinajstić information content (AvgIpc) is 4.21. The van der Waals surface area contributed by atoms with Gasteiger partial charge >= 0.3 is 36.6 Å². The van der Waals surface area contributed by atoms with E-state index in [4.69, 9.17) is 20.5 Å². The number of hydrogen-bond donors (Lipinski definition) is 5. The number of hydrazine groups is 1. The first-order valence-electron chi connectivity index (χ1n) is 20.8. The lowest BCUT2D eigenvalue weighted by Crippen LogP contribution is -2.25. The second kappa shape index (κ2) is 26.2. The van der Waals surface area contributed by atoms with Gasteiger partial charge in [-0.25, -0.2) is 9.59 Å². The van der Waals surface area contributed by atoms with Crippen molar-refractivity contribution in [2.24, 2.45) is 5.84 Å². The summed E-state index contributed by atoms with van der Waals surface area (Å²) in [4.78, 5) is 42.3. The number of nitrogens with zero attached hydrogens (tertiary/aromatic N) is 5. The summed E-state index contributed by atoms with van der Waals surface area (Å²) >= 11 is 0. The molecule has 0 aliphatic heterocycles. The fourth-order valence-corrected chi connectivity index (χ4v) is 5.72. The van der Waals surface area contributed by atoms with Crippen LogP contribution in [0.15, 0.2) is 155 Å². The molecule has 0 saturated heterocycles. The zero-order chi connectivity index (χ0) is 55.6. The largest absolute Gasteiger partial charge is 0.477 e. The normalized spacial score (nSPS) is 11.3. The second-order valence-electron chi connectivity index (χ2n) is 14.7. The molecule has 8 aromatic rings. The Bertz CT molecular complexity index is 3020. The number of alkyl halides is 12. The number of rotatable bonds is 12. The Labute approximate surface area is 414 Å². The van der Waals surface area contributed by atoms with Gasteiger partial charge < -0.3 is 19.0 Å². The van der Waals surface area contributed by atoms with E-state index in [0.29, 0.717) is 29.2 Å². The zero-order valence-electron chi connectivity index (χ0n) is 37.9. The van der Waals surface area contributed by atoms with Crippen LogP contribution in [-0.4, -0.2) is 69.7 Å². The van der Waals surface area contributed by atoms with Gasteiger partial charge in [-0.15, -0.1) is 0 Å². The summed E-state index contributed by atoms with van der Waals surface area (Å²) in [5.41, 5.74) is 1.19. The number of H-pyrrole nitrogens is 1. The van der Waals surface area contributed by atoms with Gasteiger partial charge in [0.2, 0.25) is 11.6 Å². The number of benzene rings is 3. The Hall–Kier alpha value is -8.79. The topological polar surface area (TPSA) is 237 Å². The molecule has 8 rings (SSSR count). The van der Waals surface area contributed by atoms with Gasteiger partial charge in [0.05, 0.1) is 32.0 Å². The SMILES string of the molecule is FC(F)(F)c1cc(-c2ccco2)n(Cc2ccccc2)n1.NNCc1ccccc1.O=C(CC(=O)C(F)(F)F)c1ccco1.O=C(O)c1cc(C(F)(F)F)[nH]n1.O=C(O)c1cc(C(F)(F)F)nn1Cc1ccccc1.